The van der Waals surface area contributed by atoms with Gasteiger partial charge in [0.15, 0.2) is 0 Å². The molecule has 1 heterocycles. The lowest BCUT2D eigenvalue weighted by Gasteiger charge is -2.07. The van der Waals surface area contributed by atoms with E-state index >= 15 is 0 Å². The van der Waals surface area contributed by atoms with E-state index in [0.29, 0.717) is 37.4 Å². The second kappa shape index (κ2) is 11.1. The van der Waals surface area contributed by atoms with Crippen LogP contribution in [-0.2, 0) is 11.2 Å². The topological polar surface area (TPSA) is 101 Å². The summed E-state index contributed by atoms with van der Waals surface area (Å²) in [7, 11) is 0. The van der Waals surface area contributed by atoms with E-state index in [4.69, 9.17) is 4.74 Å². The molecule has 0 bridgehead atoms. The number of hydrogen-bond donors (Lipinski definition) is 3. The van der Waals surface area contributed by atoms with Gasteiger partial charge in [-0.15, -0.1) is 11.3 Å². The number of phenols is 1. The van der Waals surface area contributed by atoms with Crippen LogP contribution < -0.4 is 15.4 Å². The maximum atomic E-state index is 12.2. The Kier molecular flexibility index (Phi) is 8.00. The summed E-state index contributed by atoms with van der Waals surface area (Å²) in [5.74, 6) is 0.452. The third-order valence-electron chi connectivity index (χ3n) is 4.38. The number of thiazole rings is 1. The highest BCUT2D eigenvalue weighted by atomic mass is 32.1. The van der Waals surface area contributed by atoms with Crippen molar-refractivity contribution >= 4 is 23.2 Å². The summed E-state index contributed by atoms with van der Waals surface area (Å²) >= 11 is 1.48. The minimum atomic E-state index is -0.260. The van der Waals surface area contributed by atoms with E-state index in [1.807, 2.05) is 36.6 Å². The largest absolute Gasteiger partial charge is 0.508 e. The van der Waals surface area contributed by atoms with Gasteiger partial charge in [-0.2, -0.15) is 0 Å². The van der Waals surface area contributed by atoms with Gasteiger partial charge in [-0.1, -0.05) is 18.2 Å². The van der Waals surface area contributed by atoms with E-state index in [1.54, 1.807) is 12.1 Å². The Morgan fingerprint density at radius 1 is 1.10 bits per heavy atom. The number of benzene rings is 2. The molecule has 0 saturated carbocycles. The first-order chi connectivity index (χ1) is 15.1. The number of hydrogen-bond acceptors (Lipinski definition) is 6. The molecule has 0 unspecified atom stereocenters. The number of carbonyl (C=O) groups is 2. The van der Waals surface area contributed by atoms with Crippen molar-refractivity contribution in [2.45, 2.75) is 19.8 Å². The zero-order valence-electron chi connectivity index (χ0n) is 17.3. The van der Waals surface area contributed by atoms with Crippen molar-refractivity contribution < 1.29 is 19.4 Å². The van der Waals surface area contributed by atoms with Crippen LogP contribution in [0.3, 0.4) is 0 Å². The molecule has 0 radical (unpaired) electrons. The summed E-state index contributed by atoms with van der Waals surface area (Å²) in [5.41, 5.74) is 2.03. The van der Waals surface area contributed by atoms with Crippen molar-refractivity contribution in [3.63, 3.8) is 0 Å². The highest BCUT2D eigenvalue weighted by Crippen LogP contribution is 2.32. The molecule has 162 valence electrons. The maximum absolute atomic E-state index is 12.2. The smallest absolute Gasteiger partial charge is 0.251 e. The van der Waals surface area contributed by atoms with Crippen LogP contribution in [0.5, 0.6) is 11.5 Å². The van der Waals surface area contributed by atoms with E-state index in [2.05, 4.69) is 15.6 Å². The Hall–Kier alpha value is -3.39. The van der Waals surface area contributed by atoms with Crippen LogP contribution in [0.25, 0.3) is 10.6 Å². The third-order valence-corrected chi connectivity index (χ3v) is 5.30. The minimum Gasteiger partial charge on any atom is -0.508 e. The Labute approximate surface area is 185 Å². The lowest BCUT2D eigenvalue weighted by Crippen LogP contribution is -2.30. The molecule has 2 amide bonds. The number of carbonyl (C=O) groups excluding carboxylic acids is 2. The molecule has 0 aliphatic rings. The fourth-order valence-electron chi connectivity index (χ4n) is 2.93. The van der Waals surface area contributed by atoms with Crippen LogP contribution in [0.2, 0.25) is 0 Å². The molecule has 0 aliphatic heterocycles. The number of nitrogens with zero attached hydrogens (tertiary/aromatic N) is 1. The number of aromatic nitrogens is 1. The first kappa shape index (κ1) is 22.3. The summed E-state index contributed by atoms with van der Waals surface area (Å²) < 4.78 is 5.65. The number of rotatable bonds is 10. The van der Waals surface area contributed by atoms with Crippen molar-refractivity contribution in [2.24, 2.45) is 0 Å². The van der Waals surface area contributed by atoms with Crippen molar-refractivity contribution in [1.82, 2.24) is 15.6 Å². The van der Waals surface area contributed by atoms with E-state index in [0.717, 1.165) is 16.3 Å². The number of phenolic OH excluding ortho intramolecular Hbond substituents is 1. The van der Waals surface area contributed by atoms with Crippen LogP contribution in [-0.4, -0.2) is 41.6 Å². The molecule has 0 fully saturated rings. The van der Waals surface area contributed by atoms with Crippen molar-refractivity contribution in [3.05, 3.63) is 65.2 Å². The summed E-state index contributed by atoms with van der Waals surface area (Å²) in [5, 5.41) is 17.7. The number of ether oxygens (including phenoxy) is 1. The summed E-state index contributed by atoms with van der Waals surface area (Å²) in [6, 6.07) is 13.9. The lowest BCUT2D eigenvalue weighted by molar-refractivity contribution is -0.120. The summed E-state index contributed by atoms with van der Waals surface area (Å²) in [6.45, 7) is 3.38. The molecule has 1 aromatic heterocycles. The van der Waals surface area contributed by atoms with Gasteiger partial charge in [-0.05, 0) is 43.7 Å². The van der Waals surface area contributed by atoms with E-state index in [1.165, 1.54) is 23.5 Å². The predicted octanol–water partition coefficient (Wildman–Crippen LogP) is 3.39. The number of para-hydroxylation sites is 1. The Bertz CT molecular complexity index is 1030. The number of nitrogens with one attached hydrogen (secondary N) is 2. The predicted molar refractivity (Wildman–Crippen MR) is 120 cm³/mol. The van der Waals surface area contributed by atoms with Gasteiger partial charge < -0.3 is 20.5 Å². The second-order valence-corrected chi connectivity index (χ2v) is 7.62. The molecule has 0 aliphatic carbocycles. The first-order valence-corrected chi connectivity index (χ1v) is 11.0. The van der Waals surface area contributed by atoms with Crippen molar-refractivity contribution in [3.8, 4) is 22.1 Å². The van der Waals surface area contributed by atoms with Crippen molar-refractivity contribution in [2.75, 3.05) is 19.7 Å². The fourth-order valence-corrected chi connectivity index (χ4v) is 3.78. The van der Waals surface area contributed by atoms with Gasteiger partial charge in [-0.3, -0.25) is 9.59 Å². The van der Waals surface area contributed by atoms with E-state index in [-0.39, 0.29) is 24.0 Å². The van der Waals surface area contributed by atoms with Crippen LogP contribution >= 0.6 is 11.3 Å². The van der Waals surface area contributed by atoms with Gasteiger partial charge in [0.2, 0.25) is 5.91 Å². The quantitative estimate of drug-likeness (QED) is 0.421. The monoisotopic (exact) mass is 439 g/mol. The average molecular weight is 440 g/mol. The first-order valence-electron chi connectivity index (χ1n) is 10.1. The maximum Gasteiger partial charge on any atom is 0.251 e. The molecule has 0 spiro atoms. The van der Waals surface area contributed by atoms with Gasteiger partial charge in [0.25, 0.3) is 5.91 Å². The normalized spacial score (nSPS) is 10.5. The molecule has 31 heavy (non-hydrogen) atoms. The molecule has 8 heteroatoms. The summed E-state index contributed by atoms with van der Waals surface area (Å²) in [4.78, 5) is 28.8. The van der Waals surface area contributed by atoms with Gasteiger partial charge in [0.1, 0.15) is 16.5 Å². The zero-order chi connectivity index (χ0) is 22.1. The van der Waals surface area contributed by atoms with Crippen LogP contribution in [0.15, 0.2) is 53.9 Å². The summed E-state index contributed by atoms with van der Waals surface area (Å²) in [6.07, 6.45) is 0.795. The molecule has 3 aromatic rings. The Morgan fingerprint density at radius 2 is 1.90 bits per heavy atom. The highest BCUT2D eigenvalue weighted by molar-refractivity contribution is 7.13. The molecule has 2 aromatic carbocycles. The van der Waals surface area contributed by atoms with Gasteiger partial charge >= 0.3 is 0 Å². The molecule has 0 saturated heterocycles. The number of aromatic hydroxyl groups is 1. The Morgan fingerprint density at radius 3 is 2.71 bits per heavy atom. The fraction of sp³-hybridized carbons (Fsp3) is 0.261. The minimum absolute atomic E-state index is 0.0477. The molecular formula is C23H25N3O4S. The molecule has 3 rings (SSSR count). The lowest BCUT2D eigenvalue weighted by atomic mass is 10.2. The number of amides is 2. The van der Waals surface area contributed by atoms with E-state index in [9.17, 15) is 14.7 Å². The standard InChI is InChI=1S/C23H25N3O4S/c1-2-30-20-10-4-3-9-19(20)23-26-17(15-31-23)14-21(28)24-11-6-12-25-22(29)16-7-5-8-18(27)13-16/h3-5,7-10,13,15,27H,2,6,11-12,14H2,1H3,(H,24,28)(H,25,29). The zero-order valence-corrected chi connectivity index (χ0v) is 18.1. The Balaban J connectivity index is 1.41. The highest BCUT2D eigenvalue weighted by Gasteiger charge is 2.12. The SMILES string of the molecule is CCOc1ccccc1-c1nc(CC(=O)NCCCNC(=O)c2cccc(O)c2)cs1. The average Bonchev–Trinajstić information content (AvgIpc) is 3.22. The van der Waals surface area contributed by atoms with Crippen LogP contribution in [0.4, 0.5) is 0 Å². The molecule has 3 N–H and O–H groups in total. The van der Waals surface area contributed by atoms with Crippen molar-refractivity contribution in [1.29, 1.82) is 0 Å². The molecular weight excluding hydrogens is 414 g/mol. The molecule has 0 atom stereocenters. The second-order valence-electron chi connectivity index (χ2n) is 6.76. The van der Waals surface area contributed by atoms with E-state index < -0.39 is 0 Å². The third kappa shape index (κ3) is 6.55. The van der Waals surface area contributed by atoms with Crippen LogP contribution in [0, 0.1) is 0 Å². The van der Waals surface area contributed by atoms with Crippen LogP contribution in [0.1, 0.15) is 29.4 Å². The van der Waals surface area contributed by atoms with Gasteiger partial charge in [-0.25, -0.2) is 4.98 Å². The molecule has 7 nitrogen and oxygen atoms in total. The van der Waals surface area contributed by atoms with Gasteiger partial charge in [0, 0.05) is 24.0 Å². The van der Waals surface area contributed by atoms with Gasteiger partial charge in [0.05, 0.1) is 24.3 Å².